The third kappa shape index (κ3) is 4.09. The zero-order valence-electron chi connectivity index (χ0n) is 8.50. The molecule has 1 aromatic heterocycles. The van der Waals surface area contributed by atoms with E-state index in [1.165, 1.54) is 6.42 Å². The van der Waals surface area contributed by atoms with Crippen molar-refractivity contribution in [3.05, 3.63) is 28.5 Å². The molecule has 0 aliphatic heterocycles. The maximum absolute atomic E-state index is 4.35. The van der Waals surface area contributed by atoms with Gasteiger partial charge < -0.3 is 0 Å². The monoisotopic (exact) mass is 319 g/mol. The molecule has 1 unspecified atom stereocenters. The lowest BCUT2D eigenvalue weighted by Gasteiger charge is -2.12. The second kappa shape index (κ2) is 5.86. The van der Waals surface area contributed by atoms with Gasteiger partial charge in [-0.15, -0.1) is 0 Å². The number of halogens is 2. The van der Waals surface area contributed by atoms with Gasteiger partial charge in [0.1, 0.15) is 0 Å². The molecule has 0 N–H and O–H groups in total. The highest BCUT2D eigenvalue weighted by molar-refractivity contribution is 9.10. The van der Waals surface area contributed by atoms with Gasteiger partial charge in [0.15, 0.2) is 0 Å². The van der Waals surface area contributed by atoms with Gasteiger partial charge in [-0.2, -0.15) is 0 Å². The van der Waals surface area contributed by atoms with Gasteiger partial charge in [-0.05, 0) is 40.4 Å². The van der Waals surface area contributed by atoms with Crippen LogP contribution in [0.5, 0.6) is 0 Å². The zero-order valence-corrected chi connectivity index (χ0v) is 11.7. The topological polar surface area (TPSA) is 12.9 Å². The van der Waals surface area contributed by atoms with E-state index in [4.69, 9.17) is 0 Å². The molecule has 1 rings (SSSR count). The summed E-state index contributed by atoms with van der Waals surface area (Å²) >= 11 is 7.20. The van der Waals surface area contributed by atoms with Crippen LogP contribution in [0.3, 0.4) is 0 Å². The standard InChI is InChI=1S/C11H15Br2N/c1-8(2)6-9(12)7-11-10(13)4-3-5-14-11/h3-5,8-9H,6-7H2,1-2H3. The van der Waals surface area contributed by atoms with Crippen molar-refractivity contribution in [1.29, 1.82) is 0 Å². The van der Waals surface area contributed by atoms with Crippen LogP contribution in [0.1, 0.15) is 26.0 Å². The van der Waals surface area contributed by atoms with E-state index in [1.54, 1.807) is 0 Å². The minimum atomic E-state index is 0.522. The Hall–Kier alpha value is 0.110. The molecular formula is C11H15Br2N. The van der Waals surface area contributed by atoms with E-state index in [2.05, 4.69) is 50.7 Å². The fraction of sp³-hybridized carbons (Fsp3) is 0.545. The molecule has 0 aromatic carbocycles. The average Bonchev–Trinajstić information content (AvgIpc) is 2.07. The molecule has 0 radical (unpaired) electrons. The summed E-state index contributed by atoms with van der Waals surface area (Å²) in [5.74, 6) is 0.724. The molecule has 1 nitrogen and oxygen atoms in total. The molecular weight excluding hydrogens is 306 g/mol. The molecule has 0 saturated heterocycles. The first-order chi connectivity index (χ1) is 6.59. The molecule has 1 heterocycles. The van der Waals surface area contributed by atoms with Crippen molar-refractivity contribution in [1.82, 2.24) is 4.98 Å². The van der Waals surface area contributed by atoms with Crippen molar-refractivity contribution in [2.24, 2.45) is 5.92 Å². The lowest BCUT2D eigenvalue weighted by atomic mass is 10.1. The van der Waals surface area contributed by atoms with E-state index < -0.39 is 0 Å². The second-order valence-electron chi connectivity index (χ2n) is 3.86. The van der Waals surface area contributed by atoms with Gasteiger partial charge in [-0.1, -0.05) is 29.8 Å². The maximum Gasteiger partial charge on any atom is 0.0556 e. The molecule has 0 amide bonds. The molecule has 78 valence electrons. The van der Waals surface area contributed by atoms with Crippen molar-refractivity contribution < 1.29 is 0 Å². The van der Waals surface area contributed by atoms with Crippen LogP contribution in [0.2, 0.25) is 0 Å². The van der Waals surface area contributed by atoms with Crippen LogP contribution in [0.25, 0.3) is 0 Å². The van der Waals surface area contributed by atoms with Crippen LogP contribution in [0.15, 0.2) is 22.8 Å². The number of alkyl halides is 1. The number of nitrogens with zero attached hydrogens (tertiary/aromatic N) is 1. The lowest BCUT2D eigenvalue weighted by molar-refractivity contribution is 0.568. The van der Waals surface area contributed by atoms with Crippen LogP contribution in [-0.2, 0) is 6.42 Å². The normalized spacial score (nSPS) is 13.2. The van der Waals surface area contributed by atoms with Crippen molar-refractivity contribution in [2.75, 3.05) is 0 Å². The van der Waals surface area contributed by atoms with Crippen molar-refractivity contribution in [3.63, 3.8) is 0 Å². The van der Waals surface area contributed by atoms with Gasteiger partial charge in [0.05, 0.1) is 5.69 Å². The maximum atomic E-state index is 4.35. The van der Waals surface area contributed by atoms with Gasteiger partial charge in [-0.25, -0.2) is 0 Å². The predicted molar refractivity (Wildman–Crippen MR) is 67.8 cm³/mol. The molecule has 0 aliphatic carbocycles. The van der Waals surface area contributed by atoms with Crippen molar-refractivity contribution in [3.8, 4) is 0 Å². The number of hydrogen-bond acceptors (Lipinski definition) is 1. The Morgan fingerprint density at radius 2 is 2.14 bits per heavy atom. The molecule has 3 heteroatoms. The fourth-order valence-corrected chi connectivity index (χ4v) is 2.84. The number of rotatable bonds is 4. The Morgan fingerprint density at radius 1 is 1.43 bits per heavy atom. The van der Waals surface area contributed by atoms with Gasteiger partial charge in [0.2, 0.25) is 0 Å². The quantitative estimate of drug-likeness (QED) is 0.758. The Labute approximate surface area is 103 Å². The highest BCUT2D eigenvalue weighted by Gasteiger charge is 2.10. The molecule has 14 heavy (non-hydrogen) atoms. The summed E-state index contributed by atoms with van der Waals surface area (Å²) in [5.41, 5.74) is 1.13. The zero-order chi connectivity index (χ0) is 10.6. The molecule has 0 fully saturated rings. The highest BCUT2D eigenvalue weighted by atomic mass is 79.9. The van der Waals surface area contributed by atoms with E-state index in [9.17, 15) is 0 Å². The summed E-state index contributed by atoms with van der Waals surface area (Å²) in [6.07, 6.45) is 4.01. The van der Waals surface area contributed by atoms with Gasteiger partial charge in [-0.3, -0.25) is 4.98 Å². The van der Waals surface area contributed by atoms with Gasteiger partial charge in [0, 0.05) is 21.9 Å². The lowest BCUT2D eigenvalue weighted by Crippen LogP contribution is -2.08. The van der Waals surface area contributed by atoms with Gasteiger partial charge >= 0.3 is 0 Å². The smallest absolute Gasteiger partial charge is 0.0556 e. The SMILES string of the molecule is CC(C)CC(Br)Cc1ncccc1Br. The van der Waals surface area contributed by atoms with Crippen LogP contribution >= 0.6 is 31.9 Å². The minimum Gasteiger partial charge on any atom is -0.260 e. The summed E-state index contributed by atoms with van der Waals surface area (Å²) in [4.78, 5) is 4.87. The molecule has 1 aromatic rings. The van der Waals surface area contributed by atoms with E-state index in [0.29, 0.717) is 4.83 Å². The van der Waals surface area contributed by atoms with Crippen LogP contribution in [0.4, 0.5) is 0 Å². The first kappa shape index (κ1) is 12.2. The summed E-state index contributed by atoms with van der Waals surface area (Å²) in [7, 11) is 0. The van der Waals surface area contributed by atoms with Crippen LogP contribution in [0, 0.1) is 5.92 Å². The third-order valence-electron chi connectivity index (χ3n) is 1.98. The molecule has 0 aliphatic rings. The van der Waals surface area contributed by atoms with E-state index in [0.717, 1.165) is 22.5 Å². The number of pyridine rings is 1. The molecule has 0 spiro atoms. The van der Waals surface area contributed by atoms with Gasteiger partial charge in [0.25, 0.3) is 0 Å². The summed E-state index contributed by atoms with van der Waals surface area (Å²) in [6.45, 7) is 4.48. The van der Waals surface area contributed by atoms with Crippen LogP contribution < -0.4 is 0 Å². The summed E-state index contributed by atoms with van der Waals surface area (Å²) in [6, 6.07) is 3.98. The van der Waals surface area contributed by atoms with Crippen molar-refractivity contribution >= 4 is 31.9 Å². The third-order valence-corrected chi connectivity index (χ3v) is 3.40. The Balaban J connectivity index is 2.56. The first-order valence-electron chi connectivity index (χ1n) is 4.83. The highest BCUT2D eigenvalue weighted by Crippen LogP contribution is 2.21. The summed E-state index contributed by atoms with van der Waals surface area (Å²) < 4.78 is 1.10. The second-order valence-corrected chi connectivity index (χ2v) is 6.01. The molecule has 0 saturated carbocycles. The minimum absolute atomic E-state index is 0.522. The Kier molecular flexibility index (Phi) is 5.10. The Morgan fingerprint density at radius 3 is 2.71 bits per heavy atom. The molecule has 1 atom stereocenters. The van der Waals surface area contributed by atoms with Crippen molar-refractivity contribution in [2.45, 2.75) is 31.5 Å². The van der Waals surface area contributed by atoms with E-state index in [-0.39, 0.29) is 0 Å². The number of hydrogen-bond donors (Lipinski definition) is 0. The first-order valence-corrected chi connectivity index (χ1v) is 6.54. The Bertz CT molecular complexity index is 286. The fourth-order valence-electron chi connectivity index (χ4n) is 1.37. The van der Waals surface area contributed by atoms with Crippen LogP contribution in [-0.4, -0.2) is 9.81 Å². The molecule has 0 bridgehead atoms. The predicted octanol–water partition coefficient (Wildman–Crippen LogP) is 4.20. The largest absolute Gasteiger partial charge is 0.260 e. The number of aromatic nitrogens is 1. The summed E-state index contributed by atoms with van der Waals surface area (Å²) in [5, 5.41) is 0. The average molecular weight is 321 g/mol. The van der Waals surface area contributed by atoms with E-state index in [1.807, 2.05) is 18.3 Å². The van der Waals surface area contributed by atoms with E-state index >= 15 is 0 Å².